The second kappa shape index (κ2) is 3.97. The highest BCUT2D eigenvalue weighted by Crippen LogP contribution is 2.47. The highest BCUT2D eigenvalue weighted by atomic mass is 15.2. The van der Waals surface area contributed by atoms with Crippen LogP contribution in [0.5, 0.6) is 0 Å². The minimum Gasteiger partial charge on any atom is -0.271 e. The Labute approximate surface area is 81.2 Å². The molecule has 0 heterocycles. The first kappa shape index (κ1) is 9.47. The van der Waals surface area contributed by atoms with E-state index in [1.165, 1.54) is 57.8 Å². The van der Waals surface area contributed by atoms with E-state index in [9.17, 15) is 0 Å². The summed E-state index contributed by atoms with van der Waals surface area (Å²) in [6, 6.07) is 0.604. The fourth-order valence-corrected chi connectivity index (χ4v) is 3.20. The van der Waals surface area contributed by atoms with Crippen LogP contribution in [0.3, 0.4) is 0 Å². The molecule has 2 aliphatic carbocycles. The van der Waals surface area contributed by atoms with E-state index in [1.807, 2.05) is 0 Å². The molecule has 3 N–H and O–H groups in total. The zero-order valence-corrected chi connectivity index (χ0v) is 8.52. The summed E-state index contributed by atoms with van der Waals surface area (Å²) in [5.41, 5.74) is 3.67. The van der Waals surface area contributed by atoms with Crippen molar-refractivity contribution in [2.24, 2.45) is 11.3 Å². The third kappa shape index (κ3) is 2.05. The number of nitrogens with one attached hydrogen (secondary N) is 1. The molecule has 2 rings (SSSR count). The maximum absolute atomic E-state index is 5.47. The molecule has 0 aliphatic heterocycles. The van der Waals surface area contributed by atoms with E-state index in [-0.39, 0.29) is 0 Å². The van der Waals surface area contributed by atoms with Crippen LogP contribution in [0.25, 0.3) is 0 Å². The lowest BCUT2D eigenvalue weighted by molar-refractivity contribution is 0.107. The lowest BCUT2D eigenvalue weighted by Gasteiger charge is -2.42. The Morgan fingerprint density at radius 3 is 2.08 bits per heavy atom. The van der Waals surface area contributed by atoms with Crippen LogP contribution in [0.2, 0.25) is 0 Å². The molecular weight excluding hydrogens is 160 g/mol. The van der Waals surface area contributed by atoms with Crippen molar-refractivity contribution in [1.29, 1.82) is 0 Å². The molecule has 76 valence electrons. The third-order valence-electron chi connectivity index (χ3n) is 4.20. The Kier molecular flexibility index (Phi) is 2.89. The quantitative estimate of drug-likeness (QED) is 0.482. The van der Waals surface area contributed by atoms with Crippen LogP contribution >= 0.6 is 0 Å². The topological polar surface area (TPSA) is 38.0 Å². The summed E-state index contributed by atoms with van der Waals surface area (Å²) in [5.74, 6) is 5.47. The van der Waals surface area contributed by atoms with Crippen molar-refractivity contribution >= 4 is 0 Å². The molecule has 2 aliphatic rings. The van der Waals surface area contributed by atoms with Gasteiger partial charge in [0.1, 0.15) is 0 Å². The third-order valence-corrected chi connectivity index (χ3v) is 4.20. The van der Waals surface area contributed by atoms with Crippen LogP contribution in [0.15, 0.2) is 0 Å². The molecule has 2 fully saturated rings. The maximum Gasteiger partial charge on any atom is 0.0210 e. The molecule has 2 heteroatoms. The van der Waals surface area contributed by atoms with E-state index in [4.69, 9.17) is 5.84 Å². The Morgan fingerprint density at radius 1 is 0.923 bits per heavy atom. The van der Waals surface area contributed by atoms with Crippen LogP contribution in [0.4, 0.5) is 0 Å². The van der Waals surface area contributed by atoms with Gasteiger partial charge in [-0.15, -0.1) is 0 Å². The van der Waals surface area contributed by atoms with E-state index >= 15 is 0 Å². The molecular formula is C11H22N2. The Morgan fingerprint density at radius 2 is 1.54 bits per heavy atom. The van der Waals surface area contributed by atoms with Crippen LogP contribution in [-0.2, 0) is 0 Å². The minimum atomic E-state index is 0.604. The standard InChI is InChI=1S/C11H22N2/c12-13-10-4-8-11(9-5-10)6-2-1-3-7-11/h10,13H,1-9,12H2. The summed E-state index contributed by atoms with van der Waals surface area (Å²) in [4.78, 5) is 0. The predicted molar refractivity (Wildman–Crippen MR) is 55.1 cm³/mol. The highest BCUT2D eigenvalue weighted by Gasteiger charge is 2.35. The number of hydrazine groups is 1. The van der Waals surface area contributed by atoms with Crippen molar-refractivity contribution < 1.29 is 0 Å². The largest absolute Gasteiger partial charge is 0.271 e. The summed E-state index contributed by atoms with van der Waals surface area (Å²) in [7, 11) is 0. The molecule has 2 saturated carbocycles. The highest BCUT2D eigenvalue weighted by molar-refractivity contribution is 4.89. The van der Waals surface area contributed by atoms with Gasteiger partial charge in [0, 0.05) is 6.04 Å². The van der Waals surface area contributed by atoms with Crippen molar-refractivity contribution in [1.82, 2.24) is 5.43 Å². The summed E-state index contributed by atoms with van der Waals surface area (Å²) >= 11 is 0. The molecule has 0 aromatic heterocycles. The molecule has 2 nitrogen and oxygen atoms in total. The SMILES string of the molecule is NNC1CCC2(CCCCC2)CC1. The van der Waals surface area contributed by atoms with Gasteiger partial charge in [0.2, 0.25) is 0 Å². The van der Waals surface area contributed by atoms with E-state index in [0.29, 0.717) is 6.04 Å². The molecule has 0 radical (unpaired) electrons. The average molecular weight is 182 g/mol. The van der Waals surface area contributed by atoms with Crippen molar-refractivity contribution in [3.8, 4) is 0 Å². The Hall–Kier alpha value is -0.0800. The molecule has 0 aromatic carbocycles. The number of hydrogen-bond acceptors (Lipinski definition) is 2. The molecule has 0 aromatic rings. The lowest BCUT2D eigenvalue weighted by atomic mass is 9.64. The van der Waals surface area contributed by atoms with Gasteiger partial charge in [-0.25, -0.2) is 0 Å². The van der Waals surface area contributed by atoms with Crippen molar-refractivity contribution in [2.45, 2.75) is 63.8 Å². The molecule has 0 atom stereocenters. The summed E-state index contributed by atoms with van der Waals surface area (Å²) < 4.78 is 0. The molecule has 0 saturated heterocycles. The zero-order chi connectivity index (χ0) is 9.15. The Bertz CT molecular complexity index is 151. The van der Waals surface area contributed by atoms with E-state index < -0.39 is 0 Å². The lowest BCUT2D eigenvalue weighted by Crippen LogP contribution is -2.41. The van der Waals surface area contributed by atoms with Gasteiger partial charge in [-0.2, -0.15) is 0 Å². The predicted octanol–water partition coefficient (Wildman–Crippen LogP) is 2.34. The van der Waals surface area contributed by atoms with Crippen molar-refractivity contribution in [3.63, 3.8) is 0 Å². The van der Waals surface area contributed by atoms with Gasteiger partial charge in [0.15, 0.2) is 0 Å². The second-order valence-electron chi connectivity index (χ2n) is 5.00. The fraction of sp³-hybridized carbons (Fsp3) is 1.00. The maximum atomic E-state index is 5.47. The van der Waals surface area contributed by atoms with Crippen LogP contribution < -0.4 is 11.3 Å². The summed E-state index contributed by atoms with van der Waals surface area (Å²) in [6.07, 6.45) is 12.8. The molecule has 0 amide bonds. The molecule has 1 spiro atoms. The Balaban J connectivity index is 1.87. The van der Waals surface area contributed by atoms with E-state index in [1.54, 1.807) is 0 Å². The first-order valence-electron chi connectivity index (χ1n) is 5.81. The number of rotatable bonds is 1. The van der Waals surface area contributed by atoms with Gasteiger partial charge in [0.05, 0.1) is 0 Å². The van der Waals surface area contributed by atoms with Crippen LogP contribution in [0.1, 0.15) is 57.8 Å². The van der Waals surface area contributed by atoms with E-state index in [0.717, 1.165) is 5.41 Å². The number of hydrogen-bond donors (Lipinski definition) is 2. The van der Waals surface area contributed by atoms with Gasteiger partial charge in [-0.3, -0.25) is 11.3 Å². The first-order chi connectivity index (χ1) is 6.35. The van der Waals surface area contributed by atoms with Gasteiger partial charge < -0.3 is 0 Å². The van der Waals surface area contributed by atoms with Gasteiger partial charge in [-0.05, 0) is 43.9 Å². The molecule has 13 heavy (non-hydrogen) atoms. The molecule has 0 bridgehead atoms. The van der Waals surface area contributed by atoms with Crippen molar-refractivity contribution in [3.05, 3.63) is 0 Å². The first-order valence-corrected chi connectivity index (χ1v) is 5.81. The van der Waals surface area contributed by atoms with Gasteiger partial charge in [-0.1, -0.05) is 19.3 Å². The second-order valence-corrected chi connectivity index (χ2v) is 5.00. The summed E-state index contributed by atoms with van der Waals surface area (Å²) in [5, 5.41) is 0. The van der Waals surface area contributed by atoms with Crippen molar-refractivity contribution in [2.75, 3.05) is 0 Å². The van der Waals surface area contributed by atoms with Crippen LogP contribution in [-0.4, -0.2) is 6.04 Å². The average Bonchev–Trinajstić information content (AvgIpc) is 2.20. The van der Waals surface area contributed by atoms with E-state index in [2.05, 4.69) is 5.43 Å². The summed E-state index contributed by atoms with van der Waals surface area (Å²) in [6.45, 7) is 0. The van der Waals surface area contributed by atoms with Gasteiger partial charge >= 0.3 is 0 Å². The minimum absolute atomic E-state index is 0.604. The van der Waals surface area contributed by atoms with Crippen LogP contribution in [0, 0.1) is 5.41 Å². The number of nitrogens with two attached hydrogens (primary N) is 1. The monoisotopic (exact) mass is 182 g/mol. The smallest absolute Gasteiger partial charge is 0.0210 e. The zero-order valence-electron chi connectivity index (χ0n) is 8.52. The van der Waals surface area contributed by atoms with Gasteiger partial charge in [0.25, 0.3) is 0 Å². The normalized spacial score (nSPS) is 29.3. The molecule has 0 unspecified atom stereocenters. The fourth-order valence-electron chi connectivity index (χ4n) is 3.20.